The fourth-order valence-electron chi connectivity index (χ4n) is 2.04. The van der Waals surface area contributed by atoms with Crippen molar-refractivity contribution in [1.82, 2.24) is 10.2 Å². The molecule has 0 unspecified atom stereocenters. The number of aromatic amines is 1. The summed E-state index contributed by atoms with van der Waals surface area (Å²) in [6.45, 7) is 0. The number of H-pyrrole nitrogens is 1. The van der Waals surface area contributed by atoms with Gasteiger partial charge in [0.25, 0.3) is 5.91 Å². The van der Waals surface area contributed by atoms with E-state index in [0.717, 1.165) is 5.56 Å². The molecule has 3 rings (SSSR count). The number of halogens is 4. The number of nitrogens with zero attached hydrogens (tertiary/aromatic N) is 1. The zero-order valence-electron chi connectivity index (χ0n) is 11.9. The summed E-state index contributed by atoms with van der Waals surface area (Å²) in [4.78, 5) is 12.3. The van der Waals surface area contributed by atoms with Gasteiger partial charge in [0.05, 0.1) is 31.5 Å². The van der Waals surface area contributed by atoms with Gasteiger partial charge in [0.1, 0.15) is 5.69 Å². The van der Waals surface area contributed by atoms with Crippen molar-refractivity contribution in [1.29, 1.82) is 0 Å². The Morgan fingerprint density at radius 2 is 1.62 bits per heavy atom. The molecule has 8 heteroatoms. The number of carbonyl (C=O) groups excluding carboxylic acids is 1. The van der Waals surface area contributed by atoms with Gasteiger partial charge in [0.15, 0.2) is 0 Å². The number of anilines is 1. The lowest BCUT2D eigenvalue weighted by Crippen LogP contribution is -2.13. The average Bonchev–Trinajstić information content (AvgIpc) is 3.03. The maximum atomic E-state index is 12.3. The van der Waals surface area contributed by atoms with Gasteiger partial charge < -0.3 is 5.32 Å². The third-order valence-corrected chi connectivity index (χ3v) is 4.61. The van der Waals surface area contributed by atoms with Gasteiger partial charge >= 0.3 is 0 Å². The summed E-state index contributed by atoms with van der Waals surface area (Å²) in [5, 5.41) is 11.0. The molecule has 0 aliphatic carbocycles. The first-order chi connectivity index (χ1) is 11.5. The van der Waals surface area contributed by atoms with E-state index in [9.17, 15) is 4.79 Å². The Morgan fingerprint density at radius 3 is 2.29 bits per heavy atom. The molecule has 0 radical (unpaired) electrons. The molecule has 24 heavy (non-hydrogen) atoms. The molecule has 0 fully saturated rings. The summed E-state index contributed by atoms with van der Waals surface area (Å²) in [7, 11) is 0. The van der Waals surface area contributed by atoms with E-state index in [1.165, 1.54) is 0 Å². The minimum Gasteiger partial charge on any atom is -0.318 e. The van der Waals surface area contributed by atoms with Crippen molar-refractivity contribution in [2.75, 3.05) is 5.32 Å². The number of nitrogens with one attached hydrogen (secondary N) is 2. The lowest BCUT2D eigenvalue weighted by molar-refractivity contribution is 0.102. The smallest absolute Gasteiger partial charge is 0.273 e. The van der Waals surface area contributed by atoms with Gasteiger partial charge in [-0.1, -0.05) is 58.5 Å². The number of rotatable bonds is 3. The van der Waals surface area contributed by atoms with Crippen LogP contribution in [-0.2, 0) is 0 Å². The first-order valence-electron chi connectivity index (χ1n) is 6.72. The number of carbonyl (C=O) groups is 1. The van der Waals surface area contributed by atoms with Gasteiger partial charge in [0, 0.05) is 5.56 Å². The SMILES string of the molecule is O=C(Nc1c(Cl)cccc1Cl)c1cc(-c2ccc(Cl)c(Cl)c2)n[nH]1. The second-order valence-electron chi connectivity index (χ2n) is 4.85. The van der Waals surface area contributed by atoms with Crippen molar-refractivity contribution >= 4 is 58.0 Å². The summed E-state index contributed by atoms with van der Waals surface area (Å²) in [6, 6.07) is 11.7. The van der Waals surface area contributed by atoms with Crippen molar-refractivity contribution in [3.05, 3.63) is 68.2 Å². The molecule has 0 saturated carbocycles. The van der Waals surface area contributed by atoms with E-state index in [-0.39, 0.29) is 5.69 Å². The van der Waals surface area contributed by atoms with Crippen LogP contribution in [0.4, 0.5) is 5.69 Å². The van der Waals surface area contributed by atoms with Crippen molar-refractivity contribution < 1.29 is 4.79 Å². The summed E-state index contributed by atoms with van der Waals surface area (Å²) < 4.78 is 0. The predicted octanol–water partition coefficient (Wildman–Crippen LogP) is 5.94. The standard InChI is InChI=1S/C16H9Cl4N3O/c17-9-5-4-8(6-12(9)20)13-7-14(23-22-13)16(24)21-15-10(18)2-1-3-11(15)19/h1-7H,(H,21,24)(H,22,23). The lowest BCUT2D eigenvalue weighted by atomic mass is 10.1. The first-order valence-corrected chi connectivity index (χ1v) is 8.23. The molecular weight excluding hydrogens is 392 g/mol. The number of aromatic nitrogens is 2. The van der Waals surface area contributed by atoms with Crippen molar-refractivity contribution in [2.45, 2.75) is 0 Å². The Balaban J connectivity index is 1.85. The van der Waals surface area contributed by atoms with Crippen LogP contribution in [0.1, 0.15) is 10.5 Å². The molecule has 3 aromatic rings. The van der Waals surface area contributed by atoms with Crippen LogP contribution in [0, 0.1) is 0 Å². The Morgan fingerprint density at radius 1 is 0.917 bits per heavy atom. The van der Waals surface area contributed by atoms with Crippen LogP contribution >= 0.6 is 46.4 Å². The van der Waals surface area contributed by atoms with E-state index >= 15 is 0 Å². The van der Waals surface area contributed by atoms with Gasteiger partial charge in [-0.25, -0.2) is 0 Å². The van der Waals surface area contributed by atoms with E-state index in [4.69, 9.17) is 46.4 Å². The van der Waals surface area contributed by atoms with Gasteiger partial charge in [-0.15, -0.1) is 0 Å². The van der Waals surface area contributed by atoms with Gasteiger partial charge in [-0.05, 0) is 30.3 Å². The molecule has 122 valence electrons. The zero-order valence-corrected chi connectivity index (χ0v) is 14.9. The Labute approximate surface area is 157 Å². The van der Waals surface area contributed by atoms with E-state index in [1.807, 2.05) is 0 Å². The van der Waals surface area contributed by atoms with Crippen LogP contribution in [0.15, 0.2) is 42.5 Å². The Hall–Kier alpha value is -1.72. The lowest BCUT2D eigenvalue weighted by Gasteiger charge is -2.07. The molecule has 1 amide bonds. The molecule has 0 bridgehead atoms. The summed E-state index contributed by atoms with van der Waals surface area (Å²) in [5.41, 5.74) is 1.89. The Kier molecular flexibility index (Phi) is 5.01. The van der Waals surface area contributed by atoms with Crippen LogP contribution in [0.5, 0.6) is 0 Å². The molecule has 1 heterocycles. The van der Waals surface area contributed by atoms with Crippen molar-refractivity contribution in [2.24, 2.45) is 0 Å². The number of hydrogen-bond acceptors (Lipinski definition) is 2. The molecule has 1 aromatic heterocycles. The molecule has 0 spiro atoms. The maximum Gasteiger partial charge on any atom is 0.273 e. The quantitative estimate of drug-likeness (QED) is 0.571. The molecule has 2 N–H and O–H groups in total. The van der Waals surface area contributed by atoms with E-state index < -0.39 is 5.91 Å². The second kappa shape index (κ2) is 7.03. The fourth-order valence-corrected chi connectivity index (χ4v) is 2.83. The van der Waals surface area contributed by atoms with E-state index in [1.54, 1.807) is 42.5 Å². The summed E-state index contributed by atoms with van der Waals surface area (Å²) in [6.07, 6.45) is 0. The topological polar surface area (TPSA) is 57.8 Å². The van der Waals surface area contributed by atoms with Crippen LogP contribution in [0.3, 0.4) is 0 Å². The molecular formula is C16H9Cl4N3O. The van der Waals surface area contributed by atoms with Crippen molar-refractivity contribution in [3.63, 3.8) is 0 Å². The zero-order chi connectivity index (χ0) is 17.3. The highest BCUT2D eigenvalue weighted by molar-refractivity contribution is 6.42. The molecule has 0 saturated heterocycles. The first kappa shape index (κ1) is 17.1. The average molecular weight is 401 g/mol. The minimum atomic E-state index is -0.413. The number of para-hydroxylation sites is 1. The number of benzene rings is 2. The van der Waals surface area contributed by atoms with Crippen molar-refractivity contribution in [3.8, 4) is 11.3 Å². The third kappa shape index (κ3) is 3.52. The normalized spacial score (nSPS) is 10.7. The highest BCUT2D eigenvalue weighted by atomic mass is 35.5. The largest absolute Gasteiger partial charge is 0.318 e. The molecule has 0 aliphatic heterocycles. The van der Waals surface area contributed by atoms with Crippen LogP contribution in [0.25, 0.3) is 11.3 Å². The maximum absolute atomic E-state index is 12.3. The third-order valence-electron chi connectivity index (χ3n) is 3.24. The van der Waals surface area contributed by atoms with Gasteiger partial charge in [0.2, 0.25) is 0 Å². The Bertz CT molecular complexity index is 903. The van der Waals surface area contributed by atoms with Gasteiger partial charge in [-0.3, -0.25) is 9.89 Å². The van der Waals surface area contributed by atoms with E-state index in [2.05, 4.69) is 15.5 Å². The second-order valence-corrected chi connectivity index (χ2v) is 6.48. The highest BCUT2D eigenvalue weighted by Crippen LogP contribution is 2.31. The number of hydrogen-bond donors (Lipinski definition) is 2. The van der Waals surface area contributed by atoms with Gasteiger partial charge in [-0.2, -0.15) is 5.10 Å². The molecule has 0 atom stereocenters. The highest BCUT2D eigenvalue weighted by Gasteiger charge is 2.15. The van der Waals surface area contributed by atoms with Crippen LogP contribution < -0.4 is 5.32 Å². The summed E-state index contributed by atoms with van der Waals surface area (Å²) >= 11 is 24.0. The fraction of sp³-hybridized carbons (Fsp3) is 0. The molecule has 0 aliphatic rings. The molecule has 4 nitrogen and oxygen atoms in total. The number of amides is 1. The van der Waals surface area contributed by atoms with E-state index in [0.29, 0.717) is 31.5 Å². The van der Waals surface area contributed by atoms with Crippen LogP contribution in [-0.4, -0.2) is 16.1 Å². The minimum absolute atomic E-state index is 0.257. The monoisotopic (exact) mass is 399 g/mol. The molecule has 2 aromatic carbocycles. The predicted molar refractivity (Wildman–Crippen MR) is 98.5 cm³/mol. The van der Waals surface area contributed by atoms with Crippen LogP contribution in [0.2, 0.25) is 20.1 Å². The summed E-state index contributed by atoms with van der Waals surface area (Å²) in [5.74, 6) is -0.413.